The molecule has 0 saturated heterocycles. The van der Waals surface area contributed by atoms with E-state index in [1.807, 2.05) is 0 Å². The standard InChI is InChI=1S/C52H95NO6/c1-7-21-44(22-8-2)25-13-15-27-47(54)57-36-18-30-50-33-34-51(31-19-37-59-49(56)29-17-35-53(11-5)12-6)40-46(39-50)41-52(42-50,43-51)32-20-38-58-48(55)28-16-14-26-45(23-9-3)24-10-4/h44-46H,7-43H2,1-6H3. The topological polar surface area (TPSA) is 82.1 Å². The highest BCUT2D eigenvalue weighted by molar-refractivity contribution is 5.69. The SMILES string of the molecule is CCCC(CCC)CCCCC(=O)OCCCC12CCC3(CCCOC(=O)CCCN(CC)CC)CC(C1)CC(CCCOC(=O)CCCCC(CCC)CCC)(C2)C3. The molecule has 4 atom stereocenters. The Balaban J connectivity index is 1.52. The molecule has 0 radical (unpaired) electrons. The Kier molecular flexibility index (Phi) is 25.3. The van der Waals surface area contributed by atoms with E-state index in [-0.39, 0.29) is 23.3 Å². The predicted molar refractivity (Wildman–Crippen MR) is 244 cm³/mol. The largest absolute Gasteiger partial charge is 0.466 e. The molecule has 4 aliphatic rings. The van der Waals surface area contributed by atoms with Crippen molar-refractivity contribution in [3.63, 3.8) is 0 Å². The molecule has 0 N–H and O–H groups in total. The lowest BCUT2D eigenvalue weighted by Gasteiger charge is -2.56. The van der Waals surface area contributed by atoms with E-state index in [9.17, 15) is 14.4 Å². The first-order chi connectivity index (χ1) is 28.6. The molecule has 4 fully saturated rings. The van der Waals surface area contributed by atoms with Crippen LogP contribution in [0.1, 0.15) is 241 Å². The van der Waals surface area contributed by atoms with Crippen molar-refractivity contribution in [1.29, 1.82) is 0 Å². The molecule has 0 heterocycles. The normalized spacial score (nSPS) is 23.6. The van der Waals surface area contributed by atoms with Gasteiger partial charge in [-0.1, -0.05) is 119 Å². The number of ether oxygens (including phenoxy) is 3. The zero-order valence-corrected chi connectivity index (χ0v) is 39.8. The monoisotopic (exact) mass is 830 g/mol. The van der Waals surface area contributed by atoms with E-state index in [1.165, 1.54) is 109 Å². The Morgan fingerprint density at radius 3 is 1.25 bits per heavy atom. The second-order valence-corrected chi connectivity index (χ2v) is 20.3. The van der Waals surface area contributed by atoms with Gasteiger partial charge in [0.05, 0.1) is 19.8 Å². The Morgan fingerprint density at radius 1 is 0.492 bits per heavy atom. The summed E-state index contributed by atoms with van der Waals surface area (Å²) < 4.78 is 17.5. The van der Waals surface area contributed by atoms with Gasteiger partial charge in [0.15, 0.2) is 0 Å². The van der Waals surface area contributed by atoms with Crippen molar-refractivity contribution >= 4 is 17.9 Å². The van der Waals surface area contributed by atoms with Crippen molar-refractivity contribution in [1.82, 2.24) is 4.90 Å². The van der Waals surface area contributed by atoms with Gasteiger partial charge in [0.1, 0.15) is 0 Å². The summed E-state index contributed by atoms with van der Waals surface area (Å²) in [7, 11) is 0. The summed E-state index contributed by atoms with van der Waals surface area (Å²) >= 11 is 0. The van der Waals surface area contributed by atoms with Crippen molar-refractivity contribution in [3.8, 4) is 0 Å². The van der Waals surface area contributed by atoms with E-state index in [0.717, 1.165) is 108 Å². The van der Waals surface area contributed by atoms with Crippen LogP contribution in [0, 0.1) is 34.0 Å². The van der Waals surface area contributed by atoms with Crippen LogP contribution in [0.15, 0.2) is 0 Å². The number of rotatable bonds is 36. The third-order valence-electron chi connectivity index (χ3n) is 15.2. The van der Waals surface area contributed by atoms with E-state index in [2.05, 4.69) is 46.4 Å². The van der Waals surface area contributed by atoms with Gasteiger partial charge in [-0.2, -0.15) is 0 Å². The van der Waals surface area contributed by atoms with Gasteiger partial charge in [0.2, 0.25) is 0 Å². The van der Waals surface area contributed by atoms with E-state index >= 15 is 0 Å². The fraction of sp³-hybridized carbons (Fsp3) is 0.942. The highest BCUT2D eigenvalue weighted by Gasteiger charge is 2.58. The number of esters is 3. The molecular formula is C52H95NO6. The third kappa shape index (κ3) is 19.5. The molecule has 7 nitrogen and oxygen atoms in total. The number of hydrogen-bond acceptors (Lipinski definition) is 7. The molecule has 59 heavy (non-hydrogen) atoms. The second kappa shape index (κ2) is 28.9. The Bertz CT molecular complexity index is 1140. The summed E-state index contributed by atoms with van der Waals surface area (Å²) in [5.41, 5.74) is 0.894. The van der Waals surface area contributed by atoms with Gasteiger partial charge < -0.3 is 19.1 Å². The van der Waals surface area contributed by atoms with Gasteiger partial charge in [-0.25, -0.2) is 0 Å². The molecule has 0 aromatic rings. The average molecular weight is 830 g/mol. The van der Waals surface area contributed by atoms with Crippen LogP contribution >= 0.6 is 0 Å². The maximum Gasteiger partial charge on any atom is 0.305 e. The van der Waals surface area contributed by atoms with Gasteiger partial charge in [0, 0.05) is 19.3 Å². The smallest absolute Gasteiger partial charge is 0.305 e. The molecular weight excluding hydrogens is 735 g/mol. The Hall–Kier alpha value is -1.63. The molecule has 0 aromatic heterocycles. The summed E-state index contributed by atoms with van der Waals surface area (Å²) in [6.45, 7) is 18.1. The lowest BCUT2D eigenvalue weighted by molar-refractivity contribution is -0.145. The van der Waals surface area contributed by atoms with Crippen molar-refractivity contribution in [2.45, 2.75) is 241 Å². The quantitative estimate of drug-likeness (QED) is 0.0353. The summed E-state index contributed by atoms with van der Waals surface area (Å²) in [5, 5.41) is 0. The zero-order chi connectivity index (χ0) is 42.8. The van der Waals surface area contributed by atoms with Crippen LogP contribution in [-0.4, -0.2) is 62.3 Å². The number of carbonyl (C=O) groups excluding carboxylic acids is 3. The van der Waals surface area contributed by atoms with E-state index in [1.54, 1.807) is 0 Å². The average Bonchev–Trinajstić information content (AvgIpc) is 3.38. The van der Waals surface area contributed by atoms with Crippen LogP contribution in [0.25, 0.3) is 0 Å². The second-order valence-electron chi connectivity index (χ2n) is 20.3. The van der Waals surface area contributed by atoms with Crippen molar-refractivity contribution in [2.24, 2.45) is 34.0 Å². The maximum atomic E-state index is 12.8. The van der Waals surface area contributed by atoms with Crippen LogP contribution in [0.2, 0.25) is 0 Å². The molecule has 4 aliphatic carbocycles. The molecule has 4 unspecified atom stereocenters. The fourth-order valence-electron chi connectivity index (χ4n) is 12.8. The molecule has 0 aromatic carbocycles. The van der Waals surface area contributed by atoms with E-state index in [0.29, 0.717) is 49.9 Å². The van der Waals surface area contributed by atoms with Gasteiger partial charge in [-0.05, 0) is 156 Å². The molecule has 0 amide bonds. The number of fused-ring (bicyclic) bond motifs is 1. The third-order valence-corrected chi connectivity index (χ3v) is 15.2. The highest BCUT2D eigenvalue weighted by Crippen LogP contribution is 2.69. The fourth-order valence-corrected chi connectivity index (χ4v) is 12.8. The first-order valence-electron chi connectivity index (χ1n) is 25.8. The molecule has 0 spiro atoms. The Morgan fingerprint density at radius 2 is 0.864 bits per heavy atom. The lowest BCUT2D eigenvalue weighted by Crippen LogP contribution is -2.45. The number of hydrogen-bond donors (Lipinski definition) is 0. The van der Waals surface area contributed by atoms with Gasteiger partial charge in [-0.15, -0.1) is 0 Å². The summed E-state index contributed by atoms with van der Waals surface area (Å²) in [4.78, 5) is 40.5. The van der Waals surface area contributed by atoms with Gasteiger partial charge in [-0.3, -0.25) is 14.4 Å². The van der Waals surface area contributed by atoms with Crippen molar-refractivity contribution in [2.75, 3.05) is 39.5 Å². The summed E-state index contributed by atoms with van der Waals surface area (Å²) in [6.07, 6.45) is 34.5. The number of nitrogens with zero attached hydrogens (tertiary/aromatic N) is 1. The maximum absolute atomic E-state index is 12.8. The van der Waals surface area contributed by atoms with Crippen LogP contribution in [0.4, 0.5) is 0 Å². The lowest BCUT2D eigenvalue weighted by atomic mass is 9.49. The van der Waals surface area contributed by atoms with Crippen molar-refractivity contribution < 1.29 is 28.6 Å². The molecule has 0 aliphatic heterocycles. The minimum atomic E-state index is -0.0465. The zero-order valence-electron chi connectivity index (χ0n) is 39.8. The molecule has 7 heteroatoms. The predicted octanol–water partition coefficient (Wildman–Crippen LogP) is 14.0. The molecule has 344 valence electrons. The van der Waals surface area contributed by atoms with E-state index in [4.69, 9.17) is 14.2 Å². The van der Waals surface area contributed by atoms with Crippen LogP contribution in [0.5, 0.6) is 0 Å². The highest BCUT2D eigenvalue weighted by atomic mass is 16.5. The van der Waals surface area contributed by atoms with Crippen molar-refractivity contribution in [3.05, 3.63) is 0 Å². The van der Waals surface area contributed by atoms with E-state index < -0.39 is 0 Å². The number of carbonyl (C=O) groups is 3. The first-order valence-corrected chi connectivity index (χ1v) is 25.8. The first kappa shape index (κ1) is 51.7. The molecule has 4 saturated carbocycles. The molecule has 4 rings (SSSR count). The minimum Gasteiger partial charge on any atom is -0.466 e. The van der Waals surface area contributed by atoms with Crippen LogP contribution in [-0.2, 0) is 28.6 Å². The minimum absolute atomic E-state index is 0.0126. The Labute approximate surface area is 364 Å². The van der Waals surface area contributed by atoms with Gasteiger partial charge in [0.25, 0.3) is 0 Å². The van der Waals surface area contributed by atoms with Crippen LogP contribution < -0.4 is 0 Å². The van der Waals surface area contributed by atoms with Crippen LogP contribution in [0.3, 0.4) is 0 Å². The summed E-state index contributed by atoms with van der Waals surface area (Å²) in [5.74, 6) is 2.27. The summed E-state index contributed by atoms with van der Waals surface area (Å²) in [6, 6.07) is 0. The van der Waals surface area contributed by atoms with Gasteiger partial charge >= 0.3 is 17.9 Å². The number of unbranched alkanes of at least 4 members (excludes halogenated alkanes) is 2. The molecule has 4 bridgehead atoms.